The van der Waals surface area contributed by atoms with E-state index in [0.717, 1.165) is 25.0 Å². The van der Waals surface area contributed by atoms with Crippen LogP contribution in [0.4, 0.5) is 0 Å². The van der Waals surface area contributed by atoms with E-state index in [1.807, 2.05) is 30.8 Å². The first-order valence-corrected chi connectivity index (χ1v) is 16.4. The second kappa shape index (κ2) is 17.6. The third kappa shape index (κ3) is 9.44. The summed E-state index contributed by atoms with van der Waals surface area (Å²) in [6.45, 7) is 1.22. The molecule has 3 rings (SSSR count). The number of nitrogens with zero attached hydrogens (tertiary/aromatic N) is 3. The molecule has 0 fully saturated rings. The lowest BCUT2D eigenvalue weighted by Gasteiger charge is -2.35. The van der Waals surface area contributed by atoms with Gasteiger partial charge < -0.3 is 20.0 Å². The van der Waals surface area contributed by atoms with Gasteiger partial charge in [-0.15, -0.1) is 11.8 Å². The van der Waals surface area contributed by atoms with Gasteiger partial charge in [0.25, 0.3) is 0 Å². The molecule has 0 unspecified atom stereocenters. The topological polar surface area (TPSA) is 73.0 Å². The van der Waals surface area contributed by atoms with Crippen LogP contribution in [0.3, 0.4) is 0 Å². The van der Waals surface area contributed by atoms with Gasteiger partial charge in [0.05, 0.1) is 11.2 Å². The number of unbranched alkanes of at least 4 members (excludes halogenated alkanes) is 2. The summed E-state index contributed by atoms with van der Waals surface area (Å²) in [6, 6.07) is 31.1. The fourth-order valence-corrected chi connectivity index (χ4v) is 6.84. The minimum atomic E-state index is -0.826. The van der Waals surface area contributed by atoms with Crippen molar-refractivity contribution in [2.24, 2.45) is 0 Å². The summed E-state index contributed by atoms with van der Waals surface area (Å²) in [4.78, 5) is 43.7. The van der Waals surface area contributed by atoms with E-state index in [1.165, 1.54) is 21.6 Å². The molecule has 0 saturated heterocycles. The van der Waals surface area contributed by atoms with Gasteiger partial charge in [-0.2, -0.15) is 0 Å². The molecule has 0 aliphatic carbocycles. The molecule has 8 heteroatoms. The van der Waals surface area contributed by atoms with Gasteiger partial charge in [0, 0.05) is 40.7 Å². The van der Waals surface area contributed by atoms with Gasteiger partial charge in [-0.3, -0.25) is 14.4 Å². The maximum absolute atomic E-state index is 13.2. The van der Waals surface area contributed by atoms with Gasteiger partial charge in [0.2, 0.25) is 17.7 Å². The standard InChI is InChI=1S/C36H48N4O3S/c1-37-33(41)28-32(35(43)39(4)26-25-38(2)3)40(5)34(42)24-16-9-17-27-44-36(29-18-10-6-11-19-29,30-20-12-7-13-21-30)31-22-14-8-15-23-31/h6-8,10-15,18-23,32H,9,16-17,24-28H2,1-5H3,(H,37,41)/t32-/m0/s1. The molecular formula is C36H48N4O3S. The Labute approximate surface area is 268 Å². The van der Waals surface area contributed by atoms with E-state index in [4.69, 9.17) is 0 Å². The van der Waals surface area contributed by atoms with Crippen molar-refractivity contribution < 1.29 is 14.4 Å². The van der Waals surface area contributed by atoms with Crippen LogP contribution in [-0.2, 0) is 19.1 Å². The van der Waals surface area contributed by atoms with Crippen LogP contribution in [0.1, 0.15) is 48.8 Å². The fourth-order valence-electron chi connectivity index (χ4n) is 5.28. The number of carbonyl (C=O) groups is 3. The SMILES string of the molecule is CNC(=O)C[C@@H](C(=O)N(C)CCN(C)C)N(C)C(=O)CCCCCSC(c1ccccc1)(c1ccccc1)c1ccccc1. The lowest BCUT2D eigenvalue weighted by atomic mass is 9.84. The van der Waals surface area contributed by atoms with Crippen LogP contribution in [-0.4, -0.2) is 92.5 Å². The lowest BCUT2D eigenvalue weighted by Crippen LogP contribution is -2.51. The Morgan fingerprint density at radius 2 is 1.23 bits per heavy atom. The Morgan fingerprint density at radius 1 is 0.727 bits per heavy atom. The Kier molecular flexibility index (Phi) is 14.0. The Morgan fingerprint density at radius 3 is 1.68 bits per heavy atom. The third-order valence-electron chi connectivity index (χ3n) is 7.96. The molecule has 1 N–H and O–H groups in total. The van der Waals surface area contributed by atoms with Crippen molar-refractivity contribution in [1.29, 1.82) is 0 Å². The molecule has 0 heterocycles. The summed E-state index contributed by atoms with van der Waals surface area (Å²) in [5.74, 6) is 0.312. The van der Waals surface area contributed by atoms with E-state index < -0.39 is 6.04 Å². The number of hydrogen-bond acceptors (Lipinski definition) is 5. The fraction of sp³-hybridized carbons (Fsp3) is 0.417. The number of carbonyl (C=O) groups excluding carboxylic acids is 3. The van der Waals surface area contributed by atoms with Crippen LogP contribution in [0.15, 0.2) is 91.0 Å². The van der Waals surface area contributed by atoms with Crippen LogP contribution in [0, 0.1) is 0 Å². The summed E-state index contributed by atoms with van der Waals surface area (Å²) >= 11 is 1.93. The molecule has 0 radical (unpaired) electrons. The zero-order valence-corrected chi connectivity index (χ0v) is 27.7. The Bertz CT molecular complexity index is 1210. The molecule has 236 valence electrons. The van der Waals surface area contributed by atoms with Crippen LogP contribution < -0.4 is 5.32 Å². The van der Waals surface area contributed by atoms with E-state index in [2.05, 4.69) is 96.3 Å². The van der Waals surface area contributed by atoms with E-state index in [-0.39, 0.29) is 28.9 Å². The van der Waals surface area contributed by atoms with Crippen LogP contribution >= 0.6 is 11.8 Å². The maximum Gasteiger partial charge on any atom is 0.245 e. The first-order chi connectivity index (χ1) is 21.2. The minimum Gasteiger partial charge on any atom is -0.359 e. The van der Waals surface area contributed by atoms with Crippen molar-refractivity contribution in [2.75, 3.05) is 54.1 Å². The number of hydrogen-bond donors (Lipinski definition) is 1. The maximum atomic E-state index is 13.2. The zero-order valence-electron chi connectivity index (χ0n) is 26.9. The number of likely N-dealkylation sites (N-methyl/N-ethyl adjacent to an activating group) is 3. The molecule has 1 atom stereocenters. The second-order valence-corrected chi connectivity index (χ2v) is 12.7. The first-order valence-electron chi connectivity index (χ1n) is 15.4. The van der Waals surface area contributed by atoms with E-state index in [1.54, 1.807) is 26.0 Å². The molecule has 3 amide bonds. The van der Waals surface area contributed by atoms with Crippen LogP contribution in [0.25, 0.3) is 0 Å². The summed E-state index contributed by atoms with van der Waals surface area (Å²) < 4.78 is -0.355. The van der Waals surface area contributed by atoms with Crippen molar-refractivity contribution in [3.63, 3.8) is 0 Å². The summed E-state index contributed by atoms with van der Waals surface area (Å²) in [7, 11) is 8.79. The molecule has 0 bridgehead atoms. The van der Waals surface area contributed by atoms with Gasteiger partial charge in [0.15, 0.2) is 0 Å². The molecule has 44 heavy (non-hydrogen) atoms. The molecule has 0 spiro atoms. The highest BCUT2D eigenvalue weighted by atomic mass is 32.2. The van der Waals surface area contributed by atoms with Gasteiger partial charge in [-0.25, -0.2) is 0 Å². The Hall–Kier alpha value is -3.62. The monoisotopic (exact) mass is 616 g/mol. The number of nitrogens with one attached hydrogen (secondary N) is 1. The van der Waals surface area contributed by atoms with Crippen molar-refractivity contribution in [3.05, 3.63) is 108 Å². The number of rotatable bonds is 17. The summed E-state index contributed by atoms with van der Waals surface area (Å²) in [5.41, 5.74) is 3.71. The summed E-state index contributed by atoms with van der Waals surface area (Å²) in [5, 5.41) is 2.59. The quantitative estimate of drug-likeness (QED) is 0.166. The van der Waals surface area contributed by atoms with Gasteiger partial charge in [-0.05, 0) is 49.4 Å². The van der Waals surface area contributed by atoms with Crippen molar-refractivity contribution >= 4 is 29.5 Å². The molecule has 3 aromatic carbocycles. The highest BCUT2D eigenvalue weighted by Crippen LogP contribution is 2.48. The van der Waals surface area contributed by atoms with Crippen LogP contribution in [0.2, 0.25) is 0 Å². The third-order valence-corrected chi connectivity index (χ3v) is 9.59. The molecule has 0 saturated carbocycles. The molecule has 3 aromatic rings. The number of amides is 3. The predicted molar refractivity (Wildman–Crippen MR) is 182 cm³/mol. The molecule has 0 aliphatic rings. The second-order valence-electron chi connectivity index (χ2n) is 11.4. The lowest BCUT2D eigenvalue weighted by molar-refractivity contribution is -0.145. The molecule has 7 nitrogen and oxygen atoms in total. The molecule has 0 aromatic heterocycles. The van der Waals surface area contributed by atoms with Gasteiger partial charge >= 0.3 is 0 Å². The Balaban J connectivity index is 1.64. The van der Waals surface area contributed by atoms with Gasteiger partial charge in [-0.1, -0.05) is 97.4 Å². The first kappa shape index (κ1) is 34.9. The number of thioether (sulfide) groups is 1. The molecule has 0 aliphatic heterocycles. The zero-order chi connectivity index (χ0) is 32.0. The highest BCUT2D eigenvalue weighted by Gasteiger charge is 2.36. The highest BCUT2D eigenvalue weighted by molar-refractivity contribution is 8.00. The average molecular weight is 617 g/mol. The van der Waals surface area contributed by atoms with E-state index >= 15 is 0 Å². The predicted octanol–water partition coefficient (Wildman–Crippen LogP) is 5.26. The van der Waals surface area contributed by atoms with E-state index in [0.29, 0.717) is 19.5 Å². The minimum absolute atomic E-state index is 0.0545. The average Bonchev–Trinajstić information content (AvgIpc) is 3.06. The normalized spacial score (nSPS) is 12.0. The molecular weight excluding hydrogens is 568 g/mol. The van der Waals surface area contributed by atoms with Crippen LogP contribution in [0.5, 0.6) is 0 Å². The van der Waals surface area contributed by atoms with Crippen molar-refractivity contribution in [3.8, 4) is 0 Å². The van der Waals surface area contributed by atoms with Crippen molar-refractivity contribution in [1.82, 2.24) is 20.0 Å². The van der Waals surface area contributed by atoms with Crippen molar-refractivity contribution in [2.45, 2.75) is 42.9 Å². The van der Waals surface area contributed by atoms with Gasteiger partial charge in [0.1, 0.15) is 6.04 Å². The largest absolute Gasteiger partial charge is 0.359 e. The smallest absolute Gasteiger partial charge is 0.245 e. The van der Waals surface area contributed by atoms with E-state index in [9.17, 15) is 14.4 Å². The number of benzene rings is 3. The summed E-state index contributed by atoms with van der Waals surface area (Å²) in [6.07, 6.45) is 2.83.